The van der Waals surface area contributed by atoms with E-state index in [1.807, 2.05) is 6.08 Å². The van der Waals surface area contributed by atoms with E-state index in [-0.39, 0.29) is 39.4 Å². The zero-order valence-electron chi connectivity index (χ0n) is 33.2. The molecule has 306 valence electrons. The fourth-order valence-corrected chi connectivity index (χ4v) is 5.98. The third-order valence-corrected chi connectivity index (χ3v) is 9.23. The monoisotopic (exact) mass is 766 g/mol. The molecule has 0 aromatic rings. The largest absolute Gasteiger partial charge is 0.498 e. The number of nitrogens with two attached hydrogens (primary N) is 1. The molecule has 4 N–H and O–H groups in total. The maximum absolute atomic E-state index is 12.5. The lowest BCUT2D eigenvalue weighted by Crippen LogP contribution is -2.27. The van der Waals surface area contributed by atoms with Crippen LogP contribution in [0.2, 0.25) is 0 Å². The van der Waals surface area contributed by atoms with Crippen LogP contribution in [0.3, 0.4) is 0 Å². The Bertz CT molecular complexity index is 1040. The first-order chi connectivity index (χ1) is 25.9. The number of hydrogen-bond donors (Lipinski definition) is 3. The summed E-state index contributed by atoms with van der Waals surface area (Å²) in [4.78, 5) is 22.4. The number of phosphoric acid groups is 1. The standard InChI is InChI=1S/C43H76NO8P/c1-2-3-4-5-6-7-8-9-10-16-19-22-25-28-31-34-38-49-40-42(41-51-53(47,48)50-39-36-44)52-43(46)35-32-29-26-23-20-17-14-12-11-13-15-18-21-24-27-30-33-37-45/h11,13-14,17-18,21,23,25-26,28,34,38,42,45H,2-10,12,15-16,19-20,22,24,27,29-33,35-37,39-41,44H2,1H3,(H,47,48). The van der Waals surface area contributed by atoms with Crippen molar-refractivity contribution >= 4 is 13.8 Å². The second-order valence-electron chi connectivity index (χ2n) is 13.3. The summed E-state index contributed by atoms with van der Waals surface area (Å²) in [5.41, 5.74) is 5.35. The van der Waals surface area contributed by atoms with Gasteiger partial charge >= 0.3 is 13.8 Å². The number of esters is 1. The first-order valence-electron chi connectivity index (χ1n) is 20.6. The van der Waals surface area contributed by atoms with E-state index < -0.39 is 19.9 Å². The average Bonchev–Trinajstić information content (AvgIpc) is 3.15. The summed E-state index contributed by atoms with van der Waals surface area (Å²) < 4.78 is 33.0. The smallest absolute Gasteiger partial charge is 0.472 e. The van der Waals surface area contributed by atoms with E-state index in [1.54, 1.807) is 6.26 Å². The summed E-state index contributed by atoms with van der Waals surface area (Å²) in [6.45, 7) is 2.12. The Balaban J connectivity index is 4.27. The lowest BCUT2D eigenvalue weighted by molar-refractivity contribution is -0.153. The molecule has 0 aliphatic heterocycles. The van der Waals surface area contributed by atoms with Gasteiger partial charge in [0.05, 0.1) is 19.5 Å². The van der Waals surface area contributed by atoms with Gasteiger partial charge in [0.15, 0.2) is 6.10 Å². The fraction of sp³-hybridized carbons (Fsp3) is 0.698. The van der Waals surface area contributed by atoms with Gasteiger partial charge in [-0.1, -0.05) is 138 Å². The summed E-state index contributed by atoms with van der Waals surface area (Å²) in [7, 11) is -4.32. The molecule has 0 aromatic carbocycles. The molecule has 0 aliphatic rings. The predicted octanol–water partition coefficient (Wildman–Crippen LogP) is 11.3. The maximum Gasteiger partial charge on any atom is 0.472 e. The van der Waals surface area contributed by atoms with Gasteiger partial charge in [-0.3, -0.25) is 13.8 Å². The molecule has 2 atom stereocenters. The first kappa shape index (κ1) is 50.7. The van der Waals surface area contributed by atoms with E-state index in [0.717, 1.165) is 64.2 Å². The lowest BCUT2D eigenvalue weighted by atomic mass is 10.1. The molecule has 0 saturated heterocycles. The van der Waals surface area contributed by atoms with Crippen molar-refractivity contribution in [1.29, 1.82) is 0 Å². The second kappa shape index (κ2) is 40.9. The zero-order valence-corrected chi connectivity index (χ0v) is 34.1. The van der Waals surface area contributed by atoms with Crippen LogP contribution in [-0.4, -0.2) is 55.0 Å². The van der Waals surface area contributed by atoms with Crippen molar-refractivity contribution in [1.82, 2.24) is 0 Å². The molecule has 0 fully saturated rings. The van der Waals surface area contributed by atoms with Crippen LogP contribution in [0.15, 0.2) is 73.1 Å². The van der Waals surface area contributed by atoms with Crippen molar-refractivity contribution in [2.24, 2.45) is 5.73 Å². The molecular weight excluding hydrogens is 689 g/mol. The van der Waals surface area contributed by atoms with E-state index in [9.17, 15) is 14.3 Å². The van der Waals surface area contributed by atoms with Crippen LogP contribution in [0.5, 0.6) is 0 Å². The Kier molecular flexibility index (Phi) is 39.2. The van der Waals surface area contributed by atoms with Gasteiger partial charge in [0.1, 0.15) is 6.61 Å². The summed E-state index contributed by atoms with van der Waals surface area (Å²) in [5, 5.41) is 8.78. The molecule has 0 aromatic heterocycles. The van der Waals surface area contributed by atoms with Gasteiger partial charge in [-0.25, -0.2) is 4.57 Å². The quantitative estimate of drug-likeness (QED) is 0.0183. The summed E-state index contributed by atoms with van der Waals surface area (Å²) in [6, 6.07) is 0. The minimum atomic E-state index is -4.32. The minimum absolute atomic E-state index is 0.0220. The van der Waals surface area contributed by atoms with E-state index in [2.05, 4.69) is 67.7 Å². The van der Waals surface area contributed by atoms with Gasteiger partial charge in [0, 0.05) is 19.6 Å². The van der Waals surface area contributed by atoms with Crippen LogP contribution < -0.4 is 5.73 Å². The summed E-state index contributed by atoms with van der Waals surface area (Å²) in [5.74, 6) is -0.427. The van der Waals surface area contributed by atoms with Gasteiger partial charge in [0.25, 0.3) is 0 Å². The SMILES string of the molecule is CCCCCCCCCCCCCC=CCC=COCC(COP(=O)(O)OCCN)OC(=O)CCCC=CCC=CCC=CCC=CCCCCCO. The Morgan fingerprint density at radius 3 is 1.62 bits per heavy atom. The molecule has 0 heterocycles. The van der Waals surface area contributed by atoms with E-state index in [1.165, 1.54) is 70.6 Å². The molecule has 0 amide bonds. The predicted molar refractivity (Wildman–Crippen MR) is 220 cm³/mol. The molecule has 53 heavy (non-hydrogen) atoms. The molecule has 0 spiro atoms. The number of ether oxygens (including phenoxy) is 2. The molecular formula is C43H76NO8P. The number of phosphoric ester groups is 1. The average molecular weight is 766 g/mol. The highest BCUT2D eigenvalue weighted by Gasteiger charge is 2.25. The van der Waals surface area contributed by atoms with Crippen LogP contribution in [-0.2, 0) is 27.9 Å². The number of aliphatic hydroxyl groups excluding tert-OH is 1. The van der Waals surface area contributed by atoms with Crippen LogP contribution in [0.25, 0.3) is 0 Å². The summed E-state index contributed by atoms with van der Waals surface area (Å²) >= 11 is 0. The normalized spacial score (nSPS) is 14.2. The fourth-order valence-electron chi connectivity index (χ4n) is 5.21. The van der Waals surface area contributed by atoms with Crippen molar-refractivity contribution in [3.8, 4) is 0 Å². The maximum atomic E-state index is 12.5. The molecule has 9 nitrogen and oxygen atoms in total. The topological polar surface area (TPSA) is 138 Å². The lowest BCUT2D eigenvalue weighted by Gasteiger charge is -2.19. The van der Waals surface area contributed by atoms with Gasteiger partial charge in [-0.15, -0.1) is 0 Å². The highest BCUT2D eigenvalue weighted by atomic mass is 31.2. The molecule has 0 bridgehead atoms. The van der Waals surface area contributed by atoms with E-state index in [4.69, 9.17) is 29.4 Å². The van der Waals surface area contributed by atoms with Crippen molar-refractivity contribution < 1.29 is 37.9 Å². The number of allylic oxidation sites excluding steroid dienone is 11. The number of aliphatic hydroxyl groups is 1. The van der Waals surface area contributed by atoms with Gasteiger partial charge in [0.2, 0.25) is 0 Å². The van der Waals surface area contributed by atoms with Gasteiger partial charge < -0.3 is 25.2 Å². The molecule has 2 unspecified atom stereocenters. The zero-order chi connectivity index (χ0) is 38.8. The van der Waals surface area contributed by atoms with Crippen LogP contribution in [0.4, 0.5) is 0 Å². The number of carbonyl (C=O) groups is 1. The van der Waals surface area contributed by atoms with Crippen molar-refractivity contribution in [3.05, 3.63) is 73.1 Å². The molecule has 0 radical (unpaired) electrons. The molecule has 10 heteroatoms. The third-order valence-electron chi connectivity index (χ3n) is 8.25. The first-order valence-corrected chi connectivity index (χ1v) is 22.1. The number of rotatable bonds is 39. The van der Waals surface area contributed by atoms with Gasteiger partial charge in [-0.05, 0) is 76.7 Å². The third kappa shape index (κ3) is 40.8. The number of unbranched alkanes of at least 4 members (excludes halogenated alkanes) is 15. The van der Waals surface area contributed by atoms with E-state index >= 15 is 0 Å². The van der Waals surface area contributed by atoms with Crippen molar-refractivity contribution in [2.75, 3.05) is 33.0 Å². The van der Waals surface area contributed by atoms with E-state index in [0.29, 0.717) is 6.42 Å². The Labute approximate surface area is 323 Å². The number of carbonyl (C=O) groups excluding carboxylic acids is 1. The molecule has 0 saturated carbocycles. The highest BCUT2D eigenvalue weighted by molar-refractivity contribution is 7.47. The van der Waals surface area contributed by atoms with Crippen LogP contribution in [0, 0.1) is 0 Å². The van der Waals surface area contributed by atoms with Crippen LogP contribution >= 0.6 is 7.82 Å². The highest BCUT2D eigenvalue weighted by Crippen LogP contribution is 2.43. The molecule has 0 rings (SSSR count). The number of hydrogen-bond acceptors (Lipinski definition) is 8. The van der Waals surface area contributed by atoms with Crippen molar-refractivity contribution in [2.45, 2.75) is 161 Å². The van der Waals surface area contributed by atoms with Crippen LogP contribution in [0.1, 0.15) is 155 Å². The second-order valence-corrected chi connectivity index (χ2v) is 14.7. The minimum Gasteiger partial charge on any atom is -0.498 e. The van der Waals surface area contributed by atoms with Gasteiger partial charge in [-0.2, -0.15) is 0 Å². The Hall–Kier alpha value is -2.26. The Morgan fingerprint density at radius 1 is 0.623 bits per heavy atom. The summed E-state index contributed by atoms with van der Waals surface area (Å²) in [6.07, 6.45) is 48.9. The van der Waals surface area contributed by atoms with Crippen molar-refractivity contribution in [3.63, 3.8) is 0 Å². The Morgan fingerprint density at radius 2 is 1.09 bits per heavy atom. The molecule has 0 aliphatic carbocycles.